The summed E-state index contributed by atoms with van der Waals surface area (Å²) in [5.41, 5.74) is 0.565. The first-order chi connectivity index (χ1) is 8.50. The molecule has 1 aromatic carbocycles. The minimum atomic E-state index is -0.860. The Hall–Kier alpha value is -1.20. The molecule has 1 rings (SSSR count). The fourth-order valence-corrected chi connectivity index (χ4v) is 2.23. The lowest BCUT2D eigenvalue weighted by Crippen LogP contribution is -2.23. The van der Waals surface area contributed by atoms with Crippen molar-refractivity contribution in [1.29, 1.82) is 0 Å². The topological polar surface area (TPSA) is 66.4 Å². The van der Waals surface area contributed by atoms with Crippen molar-refractivity contribution < 1.29 is 14.7 Å². The van der Waals surface area contributed by atoms with Gasteiger partial charge in [-0.1, -0.05) is 23.7 Å². The standard InChI is InChI=1S/C12H14ClNO3S/c1-8(18-7-6-11(15)16)12(17)14-10-5-3-2-4-9(10)13/h2-5,8H,6-7H2,1H3,(H,14,17)(H,15,16). The van der Waals surface area contributed by atoms with Crippen molar-refractivity contribution in [3.63, 3.8) is 0 Å². The quantitative estimate of drug-likeness (QED) is 0.844. The van der Waals surface area contributed by atoms with E-state index in [4.69, 9.17) is 16.7 Å². The van der Waals surface area contributed by atoms with Crippen LogP contribution < -0.4 is 5.32 Å². The number of carboxylic acids is 1. The number of para-hydroxylation sites is 1. The van der Waals surface area contributed by atoms with Crippen LogP contribution in [0, 0.1) is 0 Å². The van der Waals surface area contributed by atoms with E-state index in [2.05, 4.69) is 5.32 Å². The second kappa shape index (κ2) is 7.28. The molecule has 1 atom stereocenters. The van der Waals surface area contributed by atoms with Crippen LogP contribution in [0.1, 0.15) is 13.3 Å². The predicted octanol–water partition coefficient (Wildman–Crippen LogP) is 2.87. The van der Waals surface area contributed by atoms with E-state index in [0.29, 0.717) is 16.5 Å². The van der Waals surface area contributed by atoms with E-state index < -0.39 is 5.97 Å². The summed E-state index contributed by atoms with van der Waals surface area (Å²) in [4.78, 5) is 22.2. The van der Waals surface area contributed by atoms with E-state index in [-0.39, 0.29) is 17.6 Å². The first kappa shape index (κ1) is 14.9. The smallest absolute Gasteiger partial charge is 0.304 e. The molecule has 2 N–H and O–H groups in total. The Morgan fingerprint density at radius 3 is 2.72 bits per heavy atom. The molecule has 0 spiro atoms. The van der Waals surface area contributed by atoms with Crippen molar-refractivity contribution >= 4 is 40.9 Å². The van der Waals surface area contributed by atoms with Gasteiger partial charge in [0.2, 0.25) is 5.91 Å². The van der Waals surface area contributed by atoms with Crippen molar-refractivity contribution in [3.8, 4) is 0 Å². The van der Waals surface area contributed by atoms with Crippen LogP contribution in [0.3, 0.4) is 0 Å². The Morgan fingerprint density at radius 2 is 2.11 bits per heavy atom. The maximum atomic E-state index is 11.8. The van der Waals surface area contributed by atoms with Crippen LogP contribution in [0.4, 0.5) is 5.69 Å². The highest BCUT2D eigenvalue weighted by Crippen LogP contribution is 2.22. The third kappa shape index (κ3) is 4.98. The molecule has 0 aliphatic carbocycles. The first-order valence-electron chi connectivity index (χ1n) is 5.39. The molecule has 0 heterocycles. The molecule has 6 heteroatoms. The molecule has 1 unspecified atom stereocenters. The van der Waals surface area contributed by atoms with Crippen LogP contribution in [0.15, 0.2) is 24.3 Å². The highest BCUT2D eigenvalue weighted by Gasteiger charge is 2.14. The summed E-state index contributed by atoms with van der Waals surface area (Å²) >= 11 is 7.22. The summed E-state index contributed by atoms with van der Waals surface area (Å²) in [5.74, 6) is -0.633. The van der Waals surface area contributed by atoms with Crippen molar-refractivity contribution in [2.45, 2.75) is 18.6 Å². The second-order valence-corrected chi connectivity index (χ2v) is 5.48. The molecule has 0 fully saturated rings. The first-order valence-corrected chi connectivity index (χ1v) is 6.82. The summed E-state index contributed by atoms with van der Waals surface area (Å²) in [5, 5.41) is 11.4. The number of thioether (sulfide) groups is 1. The van der Waals surface area contributed by atoms with Gasteiger partial charge in [-0.05, 0) is 19.1 Å². The molecule has 1 aromatic rings. The van der Waals surface area contributed by atoms with E-state index in [1.807, 2.05) is 0 Å². The van der Waals surface area contributed by atoms with E-state index in [1.54, 1.807) is 31.2 Å². The molecule has 0 aliphatic heterocycles. The van der Waals surface area contributed by atoms with Crippen LogP contribution in [0.2, 0.25) is 5.02 Å². The van der Waals surface area contributed by atoms with Gasteiger partial charge >= 0.3 is 5.97 Å². The molecule has 0 aromatic heterocycles. The van der Waals surface area contributed by atoms with Gasteiger partial charge in [0.05, 0.1) is 22.4 Å². The zero-order chi connectivity index (χ0) is 13.5. The molecule has 0 saturated heterocycles. The van der Waals surface area contributed by atoms with Crippen molar-refractivity contribution in [2.75, 3.05) is 11.1 Å². The number of rotatable bonds is 6. The number of amides is 1. The minimum Gasteiger partial charge on any atom is -0.481 e. The number of hydrogen-bond donors (Lipinski definition) is 2. The number of halogens is 1. The van der Waals surface area contributed by atoms with Crippen LogP contribution in [-0.2, 0) is 9.59 Å². The molecular formula is C12H14ClNO3S. The summed E-state index contributed by atoms with van der Waals surface area (Å²) in [6.45, 7) is 1.73. The lowest BCUT2D eigenvalue weighted by atomic mass is 10.3. The number of hydrogen-bond acceptors (Lipinski definition) is 3. The van der Waals surface area contributed by atoms with Crippen LogP contribution in [0.5, 0.6) is 0 Å². The normalized spacial score (nSPS) is 11.9. The molecule has 18 heavy (non-hydrogen) atoms. The fraction of sp³-hybridized carbons (Fsp3) is 0.333. The molecule has 4 nitrogen and oxygen atoms in total. The van der Waals surface area contributed by atoms with E-state index >= 15 is 0 Å². The summed E-state index contributed by atoms with van der Waals surface area (Å²) in [7, 11) is 0. The van der Waals surface area contributed by atoms with Gasteiger partial charge in [-0.3, -0.25) is 9.59 Å². The second-order valence-electron chi connectivity index (χ2n) is 3.63. The molecule has 1 amide bonds. The molecule has 0 aliphatic rings. The van der Waals surface area contributed by atoms with Crippen LogP contribution in [0.25, 0.3) is 0 Å². The number of carbonyl (C=O) groups is 2. The number of nitrogens with one attached hydrogen (secondary N) is 1. The molecule has 98 valence electrons. The van der Waals surface area contributed by atoms with Gasteiger partial charge in [0.25, 0.3) is 0 Å². The van der Waals surface area contributed by atoms with Gasteiger partial charge < -0.3 is 10.4 Å². The van der Waals surface area contributed by atoms with Gasteiger partial charge in [0, 0.05) is 5.75 Å². The highest BCUT2D eigenvalue weighted by atomic mass is 35.5. The fourth-order valence-electron chi connectivity index (χ4n) is 1.20. The lowest BCUT2D eigenvalue weighted by Gasteiger charge is -2.12. The van der Waals surface area contributed by atoms with E-state index in [9.17, 15) is 9.59 Å². The number of carboxylic acid groups (broad SMARTS) is 1. The minimum absolute atomic E-state index is 0.0500. The monoisotopic (exact) mass is 287 g/mol. The largest absolute Gasteiger partial charge is 0.481 e. The number of anilines is 1. The molecule has 0 bridgehead atoms. The lowest BCUT2D eigenvalue weighted by molar-refractivity contribution is -0.136. The molecule has 0 saturated carbocycles. The summed E-state index contributed by atoms with van der Waals surface area (Å²) < 4.78 is 0. The van der Waals surface area contributed by atoms with Gasteiger partial charge in [0.15, 0.2) is 0 Å². The van der Waals surface area contributed by atoms with Gasteiger partial charge in [0.1, 0.15) is 0 Å². The Morgan fingerprint density at radius 1 is 1.44 bits per heavy atom. The Labute approximate surface area is 115 Å². The van der Waals surface area contributed by atoms with Crippen molar-refractivity contribution in [2.24, 2.45) is 0 Å². The zero-order valence-electron chi connectivity index (χ0n) is 9.85. The Bertz CT molecular complexity index is 439. The van der Waals surface area contributed by atoms with Gasteiger partial charge in [-0.15, -0.1) is 11.8 Å². The summed E-state index contributed by atoms with van der Waals surface area (Å²) in [6.07, 6.45) is 0.0500. The zero-order valence-corrected chi connectivity index (χ0v) is 11.4. The molecular weight excluding hydrogens is 274 g/mol. The Balaban J connectivity index is 2.45. The maximum Gasteiger partial charge on any atom is 0.304 e. The van der Waals surface area contributed by atoms with E-state index in [0.717, 1.165) is 0 Å². The van der Waals surface area contributed by atoms with Gasteiger partial charge in [-0.25, -0.2) is 0 Å². The number of carbonyl (C=O) groups excluding carboxylic acids is 1. The average molecular weight is 288 g/mol. The van der Waals surface area contributed by atoms with Crippen LogP contribution in [-0.4, -0.2) is 28.0 Å². The SMILES string of the molecule is CC(SCCC(=O)O)C(=O)Nc1ccccc1Cl. The third-order valence-corrected chi connectivity index (χ3v) is 3.67. The van der Waals surface area contributed by atoms with Gasteiger partial charge in [-0.2, -0.15) is 0 Å². The highest BCUT2D eigenvalue weighted by molar-refractivity contribution is 8.00. The Kier molecular flexibility index (Phi) is 6.01. The van der Waals surface area contributed by atoms with E-state index in [1.165, 1.54) is 11.8 Å². The number of aliphatic carboxylic acids is 1. The van der Waals surface area contributed by atoms with Crippen molar-refractivity contribution in [1.82, 2.24) is 0 Å². The van der Waals surface area contributed by atoms with Crippen LogP contribution >= 0.6 is 23.4 Å². The maximum absolute atomic E-state index is 11.8. The average Bonchev–Trinajstić information content (AvgIpc) is 2.31. The van der Waals surface area contributed by atoms with Crippen molar-refractivity contribution in [3.05, 3.63) is 29.3 Å². The third-order valence-electron chi connectivity index (χ3n) is 2.18. The summed E-state index contributed by atoms with van der Waals surface area (Å²) in [6, 6.07) is 6.97. The molecule has 0 radical (unpaired) electrons. The predicted molar refractivity (Wildman–Crippen MR) is 74.3 cm³/mol. The number of benzene rings is 1.